The van der Waals surface area contributed by atoms with E-state index in [9.17, 15) is 8.42 Å². The van der Waals surface area contributed by atoms with Crippen LogP contribution in [0.2, 0.25) is 5.02 Å². The van der Waals surface area contributed by atoms with Crippen LogP contribution in [-0.4, -0.2) is 14.5 Å². The maximum absolute atomic E-state index is 12.6. The number of anilines is 2. The van der Waals surface area contributed by atoms with Gasteiger partial charge in [-0.15, -0.1) is 0 Å². The number of fused-ring (bicyclic) bond motifs is 1. The number of hydrogen-bond acceptors (Lipinski definition) is 3. The first-order chi connectivity index (χ1) is 10.3. The summed E-state index contributed by atoms with van der Waals surface area (Å²) in [7, 11) is -3.63. The third-order valence-corrected chi connectivity index (χ3v) is 5.36. The van der Waals surface area contributed by atoms with Gasteiger partial charge in [-0.05, 0) is 61.7 Å². The molecule has 6 heteroatoms. The Kier molecular flexibility index (Phi) is 3.78. The summed E-state index contributed by atoms with van der Waals surface area (Å²) in [5, 5.41) is 3.81. The van der Waals surface area contributed by atoms with Gasteiger partial charge in [0.25, 0.3) is 10.0 Å². The van der Waals surface area contributed by atoms with Gasteiger partial charge in [-0.1, -0.05) is 17.7 Å². The van der Waals surface area contributed by atoms with E-state index in [4.69, 9.17) is 11.6 Å². The zero-order valence-electron chi connectivity index (χ0n) is 12.4. The molecule has 22 heavy (non-hydrogen) atoms. The van der Waals surface area contributed by atoms with E-state index in [0.29, 0.717) is 16.8 Å². The minimum Gasteiger partial charge on any atom is -0.382 e. The van der Waals surface area contributed by atoms with Crippen LogP contribution in [0.5, 0.6) is 0 Å². The van der Waals surface area contributed by atoms with Crippen LogP contribution in [-0.2, 0) is 16.4 Å². The van der Waals surface area contributed by atoms with Crippen molar-refractivity contribution in [3.63, 3.8) is 0 Å². The molecule has 1 heterocycles. The molecule has 2 aromatic rings. The predicted octanol–water partition coefficient (Wildman–Crippen LogP) is 3.81. The summed E-state index contributed by atoms with van der Waals surface area (Å²) >= 11 is 5.94. The van der Waals surface area contributed by atoms with Crippen molar-refractivity contribution in [1.29, 1.82) is 0 Å². The molecule has 0 saturated heterocycles. The second kappa shape index (κ2) is 5.48. The lowest BCUT2D eigenvalue weighted by atomic mass is 10.1. The van der Waals surface area contributed by atoms with E-state index in [2.05, 4.69) is 17.0 Å². The molecule has 0 aliphatic carbocycles. The smallest absolute Gasteiger partial charge is 0.261 e. The topological polar surface area (TPSA) is 58.2 Å². The Hall–Kier alpha value is -1.72. The lowest BCUT2D eigenvalue weighted by molar-refractivity contribution is 0.601. The third-order valence-electron chi connectivity index (χ3n) is 3.76. The molecule has 1 aliphatic heterocycles. The zero-order valence-corrected chi connectivity index (χ0v) is 13.9. The van der Waals surface area contributed by atoms with Crippen molar-refractivity contribution in [2.24, 2.45) is 0 Å². The van der Waals surface area contributed by atoms with E-state index in [0.717, 1.165) is 23.2 Å². The Morgan fingerprint density at radius 3 is 2.77 bits per heavy atom. The van der Waals surface area contributed by atoms with Gasteiger partial charge in [-0.2, -0.15) is 0 Å². The second-order valence-electron chi connectivity index (χ2n) is 5.63. The number of halogens is 1. The summed E-state index contributed by atoms with van der Waals surface area (Å²) in [5.74, 6) is 0. The van der Waals surface area contributed by atoms with Crippen molar-refractivity contribution in [2.45, 2.75) is 31.2 Å². The summed E-state index contributed by atoms with van der Waals surface area (Å²) in [6.07, 6.45) is 0.828. The quantitative estimate of drug-likeness (QED) is 0.896. The van der Waals surface area contributed by atoms with Crippen LogP contribution in [0.15, 0.2) is 41.3 Å². The van der Waals surface area contributed by atoms with Gasteiger partial charge in [0, 0.05) is 16.8 Å². The van der Waals surface area contributed by atoms with Crippen LogP contribution >= 0.6 is 11.6 Å². The van der Waals surface area contributed by atoms with Crippen molar-refractivity contribution in [3.05, 3.63) is 52.5 Å². The minimum atomic E-state index is -3.63. The van der Waals surface area contributed by atoms with Crippen LogP contribution in [0, 0.1) is 6.92 Å². The first-order valence-corrected chi connectivity index (χ1v) is 8.90. The van der Waals surface area contributed by atoms with Crippen molar-refractivity contribution < 1.29 is 8.42 Å². The molecule has 116 valence electrons. The van der Waals surface area contributed by atoms with Gasteiger partial charge in [-0.25, -0.2) is 8.42 Å². The fourth-order valence-corrected chi connectivity index (χ4v) is 3.95. The molecule has 2 N–H and O–H groups in total. The second-order valence-corrected chi connectivity index (χ2v) is 7.75. The van der Waals surface area contributed by atoms with Gasteiger partial charge in [0.15, 0.2) is 0 Å². The largest absolute Gasteiger partial charge is 0.382 e. The lowest BCUT2D eigenvalue weighted by Crippen LogP contribution is -2.14. The normalized spacial score (nSPS) is 17.0. The molecule has 3 rings (SSSR count). The van der Waals surface area contributed by atoms with Gasteiger partial charge < -0.3 is 5.32 Å². The number of aryl methyl sites for hydroxylation is 1. The Labute approximate surface area is 135 Å². The Morgan fingerprint density at radius 2 is 2.00 bits per heavy atom. The van der Waals surface area contributed by atoms with Crippen molar-refractivity contribution in [3.8, 4) is 0 Å². The molecular formula is C16H17ClN2O2S. The molecule has 1 atom stereocenters. The van der Waals surface area contributed by atoms with Crippen molar-refractivity contribution in [1.82, 2.24) is 0 Å². The summed E-state index contributed by atoms with van der Waals surface area (Å²) < 4.78 is 27.8. The van der Waals surface area contributed by atoms with Gasteiger partial charge in [0.05, 0.1) is 10.6 Å². The van der Waals surface area contributed by atoms with E-state index in [1.165, 1.54) is 0 Å². The molecule has 0 amide bonds. The summed E-state index contributed by atoms with van der Waals surface area (Å²) in [6, 6.07) is 10.6. The Balaban J connectivity index is 1.94. The van der Waals surface area contributed by atoms with Gasteiger partial charge in [0.2, 0.25) is 0 Å². The highest BCUT2D eigenvalue weighted by molar-refractivity contribution is 7.92. The summed E-state index contributed by atoms with van der Waals surface area (Å²) in [5.41, 5.74) is 3.35. The van der Waals surface area contributed by atoms with Crippen LogP contribution in [0.1, 0.15) is 18.1 Å². The highest BCUT2D eigenvalue weighted by Gasteiger charge is 2.21. The van der Waals surface area contributed by atoms with E-state index in [1.807, 2.05) is 13.0 Å². The SMILES string of the molecule is Cc1ccc(Cl)cc1NS(=O)(=O)c1ccc2c(c1)C[C@H](C)N2. The van der Waals surface area contributed by atoms with Crippen LogP contribution in [0.3, 0.4) is 0 Å². The number of sulfonamides is 1. The van der Waals surface area contributed by atoms with Crippen molar-refractivity contribution in [2.75, 3.05) is 10.0 Å². The highest BCUT2D eigenvalue weighted by Crippen LogP contribution is 2.29. The average molecular weight is 337 g/mol. The molecular weight excluding hydrogens is 320 g/mol. The Morgan fingerprint density at radius 1 is 1.23 bits per heavy atom. The number of rotatable bonds is 3. The maximum Gasteiger partial charge on any atom is 0.261 e. The highest BCUT2D eigenvalue weighted by atomic mass is 35.5. The molecule has 0 fully saturated rings. The van der Waals surface area contributed by atoms with Gasteiger partial charge in [-0.3, -0.25) is 4.72 Å². The number of nitrogens with one attached hydrogen (secondary N) is 2. The average Bonchev–Trinajstić information content (AvgIpc) is 2.81. The first-order valence-electron chi connectivity index (χ1n) is 7.03. The summed E-state index contributed by atoms with van der Waals surface area (Å²) in [4.78, 5) is 0.265. The molecule has 1 aliphatic rings. The molecule has 0 saturated carbocycles. The molecule has 0 unspecified atom stereocenters. The van der Waals surface area contributed by atoms with E-state index < -0.39 is 10.0 Å². The number of benzene rings is 2. The van der Waals surface area contributed by atoms with Crippen LogP contribution < -0.4 is 10.0 Å². The standard InChI is InChI=1S/C16H17ClN2O2S/c1-10-3-4-13(17)9-16(10)19-22(20,21)14-5-6-15-12(8-14)7-11(2)18-15/h3-6,8-9,11,18-19H,7H2,1-2H3/t11-/m0/s1. The zero-order chi connectivity index (χ0) is 15.9. The van der Waals surface area contributed by atoms with Crippen LogP contribution in [0.25, 0.3) is 0 Å². The lowest BCUT2D eigenvalue weighted by Gasteiger charge is -2.12. The monoisotopic (exact) mass is 336 g/mol. The fourth-order valence-electron chi connectivity index (χ4n) is 2.60. The molecule has 0 spiro atoms. The molecule has 4 nitrogen and oxygen atoms in total. The van der Waals surface area contributed by atoms with Gasteiger partial charge in [0.1, 0.15) is 0 Å². The first kappa shape index (κ1) is 15.2. The minimum absolute atomic E-state index is 0.265. The van der Waals surface area contributed by atoms with E-state index >= 15 is 0 Å². The van der Waals surface area contributed by atoms with E-state index in [-0.39, 0.29) is 4.90 Å². The van der Waals surface area contributed by atoms with Crippen LogP contribution in [0.4, 0.5) is 11.4 Å². The third kappa shape index (κ3) is 2.91. The summed E-state index contributed by atoms with van der Waals surface area (Å²) in [6.45, 7) is 3.91. The molecule has 2 aromatic carbocycles. The Bertz CT molecular complexity index is 834. The maximum atomic E-state index is 12.6. The van der Waals surface area contributed by atoms with E-state index in [1.54, 1.807) is 30.3 Å². The molecule has 0 aromatic heterocycles. The van der Waals surface area contributed by atoms with Crippen molar-refractivity contribution >= 4 is 33.0 Å². The molecule has 0 bridgehead atoms. The number of hydrogen-bond donors (Lipinski definition) is 2. The fraction of sp³-hybridized carbons (Fsp3) is 0.250. The van der Waals surface area contributed by atoms with Gasteiger partial charge >= 0.3 is 0 Å². The predicted molar refractivity (Wildman–Crippen MR) is 90.2 cm³/mol. The molecule has 0 radical (unpaired) electrons.